The SMILES string of the molecule is CC(=O)OC1CCCC(c2ccccc2)O1. The summed E-state index contributed by atoms with van der Waals surface area (Å²) in [5.41, 5.74) is 1.15. The van der Waals surface area contributed by atoms with E-state index in [1.54, 1.807) is 0 Å². The van der Waals surface area contributed by atoms with Gasteiger partial charge < -0.3 is 9.47 Å². The van der Waals surface area contributed by atoms with Crippen LogP contribution in [0.25, 0.3) is 0 Å². The smallest absolute Gasteiger partial charge is 0.304 e. The monoisotopic (exact) mass is 220 g/mol. The molecule has 0 aliphatic carbocycles. The third-order valence-corrected chi connectivity index (χ3v) is 2.69. The Hall–Kier alpha value is -1.35. The zero-order valence-corrected chi connectivity index (χ0v) is 9.39. The summed E-state index contributed by atoms with van der Waals surface area (Å²) in [7, 11) is 0. The molecule has 0 N–H and O–H groups in total. The van der Waals surface area contributed by atoms with E-state index in [-0.39, 0.29) is 18.4 Å². The van der Waals surface area contributed by atoms with E-state index in [0.717, 1.165) is 24.8 Å². The Bertz CT molecular complexity index is 347. The fourth-order valence-electron chi connectivity index (χ4n) is 1.97. The van der Waals surface area contributed by atoms with Crippen molar-refractivity contribution in [3.8, 4) is 0 Å². The highest BCUT2D eigenvalue weighted by atomic mass is 16.7. The Morgan fingerprint density at radius 2 is 2.06 bits per heavy atom. The first-order chi connectivity index (χ1) is 7.75. The highest BCUT2D eigenvalue weighted by molar-refractivity contribution is 5.66. The molecule has 16 heavy (non-hydrogen) atoms. The summed E-state index contributed by atoms with van der Waals surface area (Å²) >= 11 is 0. The molecule has 0 bridgehead atoms. The second-order valence-electron chi connectivity index (χ2n) is 4.01. The molecule has 1 saturated heterocycles. The summed E-state index contributed by atoms with van der Waals surface area (Å²) in [6.07, 6.45) is 2.48. The molecule has 0 amide bonds. The second-order valence-corrected chi connectivity index (χ2v) is 4.01. The Morgan fingerprint density at radius 1 is 1.31 bits per heavy atom. The van der Waals surface area contributed by atoms with Crippen LogP contribution in [0.2, 0.25) is 0 Å². The maximum Gasteiger partial charge on any atom is 0.304 e. The lowest BCUT2D eigenvalue weighted by atomic mass is 10.0. The van der Waals surface area contributed by atoms with Gasteiger partial charge in [0, 0.05) is 13.3 Å². The van der Waals surface area contributed by atoms with Gasteiger partial charge in [-0.3, -0.25) is 4.79 Å². The van der Waals surface area contributed by atoms with Gasteiger partial charge in [-0.05, 0) is 18.4 Å². The number of hydrogen-bond acceptors (Lipinski definition) is 3. The van der Waals surface area contributed by atoms with Crippen LogP contribution in [0.1, 0.15) is 37.9 Å². The predicted molar refractivity (Wildman–Crippen MR) is 59.7 cm³/mol. The van der Waals surface area contributed by atoms with Gasteiger partial charge in [-0.25, -0.2) is 0 Å². The molecular weight excluding hydrogens is 204 g/mol. The first-order valence-corrected chi connectivity index (χ1v) is 5.63. The van der Waals surface area contributed by atoms with E-state index in [1.807, 2.05) is 30.3 Å². The average molecular weight is 220 g/mol. The standard InChI is InChI=1S/C13H16O3/c1-10(14)15-13-9-5-8-12(16-13)11-6-3-2-4-7-11/h2-4,6-7,12-13H,5,8-9H2,1H3. The molecule has 2 unspecified atom stereocenters. The van der Waals surface area contributed by atoms with Crippen molar-refractivity contribution in [1.82, 2.24) is 0 Å². The van der Waals surface area contributed by atoms with Crippen LogP contribution in [-0.2, 0) is 14.3 Å². The van der Waals surface area contributed by atoms with Crippen molar-refractivity contribution in [3.63, 3.8) is 0 Å². The van der Waals surface area contributed by atoms with Crippen LogP contribution in [0.15, 0.2) is 30.3 Å². The van der Waals surface area contributed by atoms with Gasteiger partial charge in [-0.1, -0.05) is 30.3 Å². The molecule has 1 aliphatic heterocycles. The molecule has 1 aromatic rings. The minimum absolute atomic E-state index is 0.0549. The van der Waals surface area contributed by atoms with Gasteiger partial charge in [0.05, 0.1) is 6.10 Å². The van der Waals surface area contributed by atoms with Gasteiger partial charge >= 0.3 is 5.97 Å². The second kappa shape index (κ2) is 5.12. The predicted octanol–water partition coefficient (Wildman–Crippen LogP) is 2.82. The number of esters is 1. The summed E-state index contributed by atoms with van der Waals surface area (Å²) in [5, 5.41) is 0. The van der Waals surface area contributed by atoms with Crippen molar-refractivity contribution in [3.05, 3.63) is 35.9 Å². The van der Waals surface area contributed by atoms with E-state index in [1.165, 1.54) is 6.92 Å². The minimum Gasteiger partial charge on any atom is -0.436 e. The Balaban J connectivity index is 1.99. The Kier molecular flexibility index (Phi) is 3.57. The molecule has 1 aliphatic rings. The van der Waals surface area contributed by atoms with Crippen LogP contribution in [0.3, 0.4) is 0 Å². The van der Waals surface area contributed by atoms with Crippen LogP contribution in [0.4, 0.5) is 0 Å². The summed E-state index contributed by atoms with van der Waals surface area (Å²) in [4.78, 5) is 10.9. The van der Waals surface area contributed by atoms with Crippen LogP contribution < -0.4 is 0 Å². The molecular formula is C13H16O3. The van der Waals surface area contributed by atoms with Crippen molar-refractivity contribution in [2.75, 3.05) is 0 Å². The summed E-state index contributed by atoms with van der Waals surface area (Å²) in [5.74, 6) is -0.279. The molecule has 2 rings (SSSR count). The van der Waals surface area contributed by atoms with Crippen molar-refractivity contribution >= 4 is 5.97 Å². The molecule has 0 radical (unpaired) electrons. The summed E-state index contributed by atoms with van der Waals surface area (Å²) < 4.78 is 10.8. The van der Waals surface area contributed by atoms with Gasteiger partial charge in [0.2, 0.25) is 6.29 Å². The fraction of sp³-hybridized carbons (Fsp3) is 0.462. The van der Waals surface area contributed by atoms with Crippen molar-refractivity contribution in [2.24, 2.45) is 0 Å². The van der Waals surface area contributed by atoms with Gasteiger partial charge in [0.1, 0.15) is 0 Å². The van der Waals surface area contributed by atoms with Gasteiger partial charge in [-0.2, -0.15) is 0 Å². The van der Waals surface area contributed by atoms with Crippen molar-refractivity contribution in [2.45, 2.75) is 38.6 Å². The lowest BCUT2D eigenvalue weighted by Gasteiger charge is -2.29. The third-order valence-electron chi connectivity index (χ3n) is 2.69. The van der Waals surface area contributed by atoms with E-state index in [9.17, 15) is 4.79 Å². The lowest BCUT2D eigenvalue weighted by molar-refractivity contribution is -0.201. The normalized spacial score (nSPS) is 25.1. The Morgan fingerprint density at radius 3 is 2.75 bits per heavy atom. The third kappa shape index (κ3) is 2.83. The number of rotatable bonds is 2. The topological polar surface area (TPSA) is 35.5 Å². The van der Waals surface area contributed by atoms with Crippen molar-refractivity contribution in [1.29, 1.82) is 0 Å². The maximum absolute atomic E-state index is 10.9. The first kappa shape index (κ1) is 11.1. The van der Waals surface area contributed by atoms with E-state index in [2.05, 4.69) is 0 Å². The average Bonchev–Trinajstić information content (AvgIpc) is 2.30. The number of carbonyl (C=O) groups excluding carboxylic acids is 1. The molecule has 1 aromatic carbocycles. The number of hydrogen-bond donors (Lipinski definition) is 0. The molecule has 86 valence electrons. The number of benzene rings is 1. The molecule has 1 heterocycles. The summed E-state index contributed by atoms with van der Waals surface area (Å²) in [6, 6.07) is 10.1. The quantitative estimate of drug-likeness (QED) is 0.719. The zero-order chi connectivity index (χ0) is 11.4. The fourth-order valence-corrected chi connectivity index (χ4v) is 1.97. The maximum atomic E-state index is 10.9. The van der Waals surface area contributed by atoms with E-state index in [0.29, 0.717) is 0 Å². The molecule has 1 fully saturated rings. The molecule has 3 nitrogen and oxygen atoms in total. The van der Waals surface area contributed by atoms with Crippen LogP contribution in [-0.4, -0.2) is 12.3 Å². The van der Waals surface area contributed by atoms with Crippen LogP contribution in [0, 0.1) is 0 Å². The van der Waals surface area contributed by atoms with Gasteiger partial charge in [-0.15, -0.1) is 0 Å². The zero-order valence-electron chi connectivity index (χ0n) is 9.39. The van der Waals surface area contributed by atoms with Crippen molar-refractivity contribution < 1.29 is 14.3 Å². The molecule has 0 saturated carbocycles. The van der Waals surface area contributed by atoms with E-state index < -0.39 is 0 Å². The highest BCUT2D eigenvalue weighted by Gasteiger charge is 2.25. The molecule has 2 atom stereocenters. The highest BCUT2D eigenvalue weighted by Crippen LogP contribution is 2.31. The first-order valence-electron chi connectivity index (χ1n) is 5.63. The molecule has 0 aromatic heterocycles. The largest absolute Gasteiger partial charge is 0.436 e. The van der Waals surface area contributed by atoms with Crippen LogP contribution in [0.5, 0.6) is 0 Å². The van der Waals surface area contributed by atoms with Crippen LogP contribution >= 0.6 is 0 Å². The Labute approximate surface area is 95.4 Å². The molecule has 0 spiro atoms. The number of carbonyl (C=O) groups is 1. The van der Waals surface area contributed by atoms with Gasteiger partial charge in [0.15, 0.2) is 0 Å². The minimum atomic E-state index is -0.378. The summed E-state index contributed by atoms with van der Waals surface area (Å²) in [6.45, 7) is 1.41. The molecule has 3 heteroatoms. The van der Waals surface area contributed by atoms with E-state index in [4.69, 9.17) is 9.47 Å². The van der Waals surface area contributed by atoms with E-state index >= 15 is 0 Å². The lowest BCUT2D eigenvalue weighted by Crippen LogP contribution is -2.26. The van der Waals surface area contributed by atoms with Gasteiger partial charge in [0.25, 0.3) is 0 Å². The number of ether oxygens (including phenoxy) is 2.